The van der Waals surface area contributed by atoms with Gasteiger partial charge in [-0.2, -0.15) is 0 Å². The van der Waals surface area contributed by atoms with Gasteiger partial charge >= 0.3 is 5.95 Å². The number of nitrogens with one attached hydrogen (secondary N) is 4. The van der Waals surface area contributed by atoms with Crippen LogP contribution in [0.4, 0.5) is 17.5 Å². The molecule has 0 fully saturated rings. The number of benzene rings is 2. The van der Waals surface area contributed by atoms with Gasteiger partial charge < -0.3 is 29.2 Å². The van der Waals surface area contributed by atoms with Crippen LogP contribution in [0.2, 0.25) is 0 Å². The van der Waals surface area contributed by atoms with E-state index in [1.165, 1.54) is 6.33 Å². The molecule has 2 aromatic carbocycles. The number of aromatic nitrogens is 5. The molecule has 0 saturated heterocycles. The van der Waals surface area contributed by atoms with E-state index in [1.807, 2.05) is 36.5 Å². The van der Waals surface area contributed by atoms with Gasteiger partial charge in [-0.15, -0.1) is 0 Å². The standard InChI is InChI=1S/C24H21N7O4/c1-32-18-6-15-16(7-19(18)33-2)30-22-21(15)23(29-11-28-22)31-24-26-9-14(10-27-24)25-8-13-3-4-17-20(5-13)35-12-34-17/h3-7,9-11,25H,8,12H2,1-2H3,(H2,26,27,28,29,30,31)/p+1. The third-order valence-electron chi connectivity index (χ3n) is 5.76. The lowest BCUT2D eigenvalue weighted by Crippen LogP contribution is -2.14. The molecule has 11 nitrogen and oxygen atoms in total. The van der Waals surface area contributed by atoms with Crippen LogP contribution < -0.4 is 34.6 Å². The molecule has 4 heterocycles. The number of rotatable bonds is 7. The topological polar surface area (TPSA) is 130 Å². The highest BCUT2D eigenvalue weighted by molar-refractivity contribution is 6.12. The molecule has 6 rings (SSSR count). The van der Waals surface area contributed by atoms with E-state index in [-0.39, 0.29) is 6.79 Å². The second-order valence-corrected chi connectivity index (χ2v) is 7.84. The SMILES string of the molecule is COc1cc2[nH]c3ncnc(Nc4ncc(NCc5ccc6c(c5)OCO6)c[nH+]4)c3c2cc1OC. The number of ether oxygens (including phenoxy) is 4. The van der Waals surface area contributed by atoms with Crippen molar-refractivity contribution in [3.8, 4) is 23.0 Å². The Labute approximate surface area is 199 Å². The summed E-state index contributed by atoms with van der Waals surface area (Å²) in [6, 6.07) is 9.66. The Morgan fingerprint density at radius 3 is 2.71 bits per heavy atom. The van der Waals surface area contributed by atoms with Crippen LogP contribution in [0.15, 0.2) is 49.1 Å². The number of anilines is 3. The fraction of sp³-hybridized carbons (Fsp3) is 0.167. The highest BCUT2D eigenvalue weighted by Crippen LogP contribution is 2.37. The van der Waals surface area contributed by atoms with Crippen LogP contribution in [0.5, 0.6) is 23.0 Å². The summed E-state index contributed by atoms with van der Waals surface area (Å²) in [5.74, 6) is 3.93. The van der Waals surface area contributed by atoms with Gasteiger partial charge in [-0.05, 0) is 23.8 Å². The van der Waals surface area contributed by atoms with Gasteiger partial charge in [-0.25, -0.2) is 20.3 Å². The third kappa shape index (κ3) is 3.82. The van der Waals surface area contributed by atoms with Crippen molar-refractivity contribution in [1.82, 2.24) is 19.9 Å². The van der Waals surface area contributed by atoms with Crippen molar-refractivity contribution >= 4 is 39.4 Å². The van der Waals surface area contributed by atoms with Crippen LogP contribution in [0, 0.1) is 0 Å². The monoisotopic (exact) mass is 472 g/mol. The molecule has 3 aromatic heterocycles. The molecule has 35 heavy (non-hydrogen) atoms. The van der Waals surface area contributed by atoms with Crippen molar-refractivity contribution in [2.24, 2.45) is 0 Å². The van der Waals surface area contributed by atoms with Crippen molar-refractivity contribution < 1.29 is 23.9 Å². The lowest BCUT2D eigenvalue weighted by molar-refractivity contribution is -0.363. The molecule has 1 aliphatic heterocycles. The van der Waals surface area contributed by atoms with Crippen molar-refractivity contribution in [2.45, 2.75) is 6.54 Å². The van der Waals surface area contributed by atoms with Crippen molar-refractivity contribution in [1.29, 1.82) is 0 Å². The third-order valence-corrected chi connectivity index (χ3v) is 5.76. The molecular formula is C24H22N7O4+. The minimum atomic E-state index is 0.262. The van der Waals surface area contributed by atoms with E-state index >= 15 is 0 Å². The van der Waals surface area contributed by atoms with Gasteiger partial charge in [0.25, 0.3) is 0 Å². The van der Waals surface area contributed by atoms with Crippen molar-refractivity contribution in [3.63, 3.8) is 0 Å². The normalized spacial score (nSPS) is 12.2. The number of hydrogen-bond donors (Lipinski definition) is 3. The molecule has 0 aliphatic carbocycles. The lowest BCUT2D eigenvalue weighted by Gasteiger charge is -2.07. The Hall–Kier alpha value is -4.80. The first-order chi connectivity index (χ1) is 17.2. The number of aromatic amines is 2. The Morgan fingerprint density at radius 2 is 1.89 bits per heavy atom. The second-order valence-electron chi connectivity index (χ2n) is 7.84. The van der Waals surface area contributed by atoms with E-state index in [9.17, 15) is 0 Å². The van der Waals surface area contributed by atoms with Crippen molar-refractivity contribution in [3.05, 3.63) is 54.6 Å². The molecule has 0 bridgehead atoms. The van der Waals surface area contributed by atoms with Gasteiger partial charge in [0.15, 0.2) is 23.0 Å². The highest BCUT2D eigenvalue weighted by atomic mass is 16.7. The zero-order chi connectivity index (χ0) is 23.8. The Kier molecular flexibility index (Phi) is 5.06. The van der Waals surface area contributed by atoms with Crippen LogP contribution in [-0.2, 0) is 6.54 Å². The maximum Gasteiger partial charge on any atom is 0.395 e. The lowest BCUT2D eigenvalue weighted by atomic mass is 10.2. The van der Waals surface area contributed by atoms with Gasteiger partial charge in [0, 0.05) is 18.0 Å². The molecule has 0 saturated carbocycles. The van der Waals surface area contributed by atoms with Crippen LogP contribution in [0.25, 0.3) is 21.9 Å². The predicted molar refractivity (Wildman–Crippen MR) is 128 cm³/mol. The molecular weight excluding hydrogens is 450 g/mol. The fourth-order valence-corrected chi connectivity index (χ4v) is 4.03. The van der Waals surface area contributed by atoms with E-state index in [1.54, 1.807) is 20.4 Å². The predicted octanol–water partition coefficient (Wildman–Crippen LogP) is 3.42. The van der Waals surface area contributed by atoms with Crippen LogP contribution in [0.3, 0.4) is 0 Å². The molecule has 0 radical (unpaired) electrons. The molecule has 4 N–H and O–H groups in total. The summed E-state index contributed by atoms with van der Waals surface area (Å²) in [6.07, 6.45) is 5.08. The molecule has 0 atom stereocenters. The number of nitrogens with zero attached hydrogens (tertiary/aromatic N) is 3. The minimum absolute atomic E-state index is 0.262. The summed E-state index contributed by atoms with van der Waals surface area (Å²) in [6.45, 7) is 0.880. The van der Waals surface area contributed by atoms with E-state index in [0.29, 0.717) is 35.5 Å². The molecule has 0 unspecified atom stereocenters. The largest absolute Gasteiger partial charge is 0.493 e. The second kappa shape index (κ2) is 8.52. The van der Waals surface area contributed by atoms with E-state index in [0.717, 1.165) is 39.0 Å². The van der Waals surface area contributed by atoms with Crippen LogP contribution >= 0.6 is 0 Å². The molecule has 11 heteroatoms. The summed E-state index contributed by atoms with van der Waals surface area (Å²) in [5.41, 5.74) is 3.47. The summed E-state index contributed by atoms with van der Waals surface area (Å²) < 4.78 is 21.7. The maximum atomic E-state index is 5.47. The van der Waals surface area contributed by atoms with Gasteiger partial charge in [-0.3, -0.25) is 0 Å². The van der Waals surface area contributed by atoms with Gasteiger partial charge in [0.2, 0.25) is 12.6 Å². The first kappa shape index (κ1) is 20.8. The fourth-order valence-electron chi connectivity index (χ4n) is 4.03. The van der Waals surface area contributed by atoms with Crippen LogP contribution in [-0.4, -0.2) is 40.9 Å². The average molecular weight is 472 g/mol. The van der Waals surface area contributed by atoms with E-state index in [4.69, 9.17) is 18.9 Å². The number of methoxy groups -OCH3 is 2. The van der Waals surface area contributed by atoms with Gasteiger partial charge in [0.1, 0.15) is 23.9 Å². The molecule has 0 spiro atoms. The number of fused-ring (bicyclic) bond motifs is 4. The number of hydrogen-bond acceptors (Lipinski definition) is 9. The highest BCUT2D eigenvalue weighted by Gasteiger charge is 2.18. The summed E-state index contributed by atoms with van der Waals surface area (Å²) in [7, 11) is 3.21. The van der Waals surface area contributed by atoms with Gasteiger partial charge in [0.05, 0.1) is 31.3 Å². The van der Waals surface area contributed by atoms with Gasteiger partial charge in [-0.1, -0.05) is 11.1 Å². The number of H-pyrrole nitrogens is 2. The summed E-state index contributed by atoms with van der Waals surface area (Å²) in [5, 5.41) is 8.32. The molecule has 0 amide bonds. The molecule has 176 valence electrons. The van der Waals surface area contributed by atoms with Crippen LogP contribution in [0.1, 0.15) is 5.56 Å². The molecule has 5 aromatic rings. The Balaban J connectivity index is 1.23. The summed E-state index contributed by atoms with van der Waals surface area (Å²) >= 11 is 0. The first-order valence-electron chi connectivity index (χ1n) is 10.9. The Bertz CT molecular complexity index is 1540. The first-order valence-corrected chi connectivity index (χ1v) is 10.9. The smallest absolute Gasteiger partial charge is 0.395 e. The zero-order valence-corrected chi connectivity index (χ0v) is 19.0. The Morgan fingerprint density at radius 1 is 1.03 bits per heavy atom. The average Bonchev–Trinajstić information content (AvgIpc) is 3.51. The van der Waals surface area contributed by atoms with Crippen molar-refractivity contribution in [2.75, 3.05) is 31.6 Å². The quantitative estimate of drug-likeness (QED) is 0.326. The zero-order valence-electron chi connectivity index (χ0n) is 19.0. The van der Waals surface area contributed by atoms with E-state index < -0.39 is 0 Å². The molecule has 1 aliphatic rings. The summed E-state index contributed by atoms with van der Waals surface area (Å²) in [4.78, 5) is 19.8. The maximum absolute atomic E-state index is 5.47. The van der Waals surface area contributed by atoms with E-state index in [2.05, 4.69) is 35.6 Å². The minimum Gasteiger partial charge on any atom is -0.493 e.